The number of urea groups is 1. The number of amides is 3. The van der Waals surface area contributed by atoms with Crippen molar-refractivity contribution in [3.63, 3.8) is 0 Å². The summed E-state index contributed by atoms with van der Waals surface area (Å²) in [5.41, 5.74) is 5.86. The highest BCUT2D eigenvalue weighted by Gasteiger charge is 2.19. The summed E-state index contributed by atoms with van der Waals surface area (Å²) in [5, 5.41) is 4.94. The maximum Gasteiger partial charge on any atom is 0.315 e. The van der Waals surface area contributed by atoms with Crippen molar-refractivity contribution < 1.29 is 23.1 Å². The molecule has 3 amide bonds. The molecule has 0 saturated heterocycles. The van der Waals surface area contributed by atoms with Crippen LogP contribution in [-0.4, -0.2) is 25.1 Å². The monoisotopic (exact) mass is 349 g/mol. The maximum absolute atomic E-state index is 13.0. The fourth-order valence-corrected chi connectivity index (χ4v) is 2.05. The molecule has 0 heterocycles. The number of rotatable bonds is 7. The summed E-state index contributed by atoms with van der Waals surface area (Å²) in [6.07, 6.45) is 0. The first-order chi connectivity index (χ1) is 12.0. The molecule has 1 unspecified atom stereocenters. The molecule has 0 aromatic heterocycles. The molecule has 0 fully saturated rings. The quantitative estimate of drug-likeness (QED) is 0.666. The van der Waals surface area contributed by atoms with Gasteiger partial charge in [0.15, 0.2) is 11.6 Å². The highest BCUT2D eigenvalue weighted by atomic mass is 19.2. The minimum absolute atomic E-state index is 0.0328. The van der Waals surface area contributed by atoms with Gasteiger partial charge < -0.3 is 21.1 Å². The predicted molar refractivity (Wildman–Crippen MR) is 86.8 cm³/mol. The van der Waals surface area contributed by atoms with Gasteiger partial charge in [-0.25, -0.2) is 13.6 Å². The third-order valence-electron chi connectivity index (χ3n) is 3.24. The van der Waals surface area contributed by atoms with Crippen LogP contribution in [-0.2, 0) is 4.79 Å². The van der Waals surface area contributed by atoms with Gasteiger partial charge in [-0.15, -0.1) is 0 Å². The Labute approximate surface area is 143 Å². The van der Waals surface area contributed by atoms with E-state index in [0.717, 1.165) is 12.1 Å². The van der Waals surface area contributed by atoms with E-state index < -0.39 is 29.6 Å². The van der Waals surface area contributed by atoms with Crippen LogP contribution in [0.1, 0.15) is 11.6 Å². The van der Waals surface area contributed by atoms with Crippen molar-refractivity contribution in [1.82, 2.24) is 10.6 Å². The van der Waals surface area contributed by atoms with E-state index in [1.54, 1.807) is 30.3 Å². The van der Waals surface area contributed by atoms with Gasteiger partial charge in [0.25, 0.3) is 0 Å². The largest absolute Gasteiger partial charge is 0.492 e. The number of nitrogens with one attached hydrogen (secondary N) is 2. The SMILES string of the molecule is NC(=O)C(NC(=O)NCCOc1ccc(F)c(F)c1)c1ccccc1. The first-order valence-electron chi connectivity index (χ1n) is 7.44. The number of primary amides is 1. The lowest BCUT2D eigenvalue weighted by atomic mass is 10.1. The molecule has 2 rings (SSSR count). The molecule has 0 radical (unpaired) electrons. The van der Waals surface area contributed by atoms with Crippen LogP contribution in [0, 0.1) is 11.6 Å². The number of halogens is 2. The van der Waals surface area contributed by atoms with Crippen molar-refractivity contribution in [3.05, 3.63) is 65.7 Å². The Bertz CT molecular complexity index is 741. The van der Waals surface area contributed by atoms with Gasteiger partial charge in [0.1, 0.15) is 18.4 Å². The lowest BCUT2D eigenvalue weighted by molar-refractivity contribution is -0.119. The lowest BCUT2D eigenvalue weighted by Gasteiger charge is -2.16. The maximum atomic E-state index is 13.0. The molecule has 0 bridgehead atoms. The van der Waals surface area contributed by atoms with Crippen LogP contribution in [0.3, 0.4) is 0 Å². The van der Waals surface area contributed by atoms with Gasteiger partial charge in [-0.1, -0.05) is 30.3 Å². The number of carbonyl (C=O) groups is 2. The van der Waals surface area contributed by atoms with Crippen LogP contribution in [0.4, 0.5) is 13.6 Å². The molecule has 2 aromatic rings. The molecule has 0 aliphatic carbocycles. The molecule has 0 saturated carbocycles. The van der Waals surface area contributed by atoms with Crippen molar-refractivity contribution in [2.75, 3.05) is 13.2 Å². The fourth-order valence-electron chi connectivity index (χ4n) is 2.05. The Kier molecular flexibility index (Phi) is 6.27. The Morgan fingerprint density at radius 1 is 1.08 bits per heavy atom. The van der Waals surface area contributed by atoms with Gasteiger partial charge in [-0.2, -0.15) is 0 Å². The molecule has 0 spiro atoms. The molecule has 4 N–H and O–H groups in total. The van der Waals surface area contributed by atoms with E-state index in [4.69, 9.17) is 10.5 Å². The standard InChI is InChI=1S/C17H17F2N3O3/c18-13-7-6-12(10-14(13)19)25-9-8-21-17(24)22-15(16(20)23)11-4-2-1-3-5-11/h1-7,10,15H,8-9H2,(H2,20,23)(H2,21,22,24). The Morgan fingerprint density at radius 3 is 2.44 bits per heavy atom. The van der Waals surface area contributed by atoms with E-state index in [1.807, 2.05) is 0 Å². The summed E-state index contributed by atoms with van der Waals surface area (Å²) < 4.78 is 31.0. The molecule has 8 heteroatoms. The highest BCUT2D eigenvalue weighted by molar-refractivity contribution is 5.86. The second-order valence-corrected chi connectivity index (χ2v) is 5.07. The topological polar surface area (TPSA) is 93.5 Å². The van der Waals surface area contributed by atoms with Gasteiger partial charge in [0.05, 0.1) is 6.54 Å². The van der Waals surface area contributed by atoms with Gasteiger partial charge in [0.2, 0.25) is 5.91 Å². The zero-order valence-corrected chi connectivity index (χ0v) is 13.2. The molecule has 0 aliphatic heterocycles. The molecule has 1 atom stereocenters. The molecule has 0 aliphatic rings. The number of carbonyl (C=O) groups excluding carboxylic acids is 2. The smallest absolute Gasteiger partial charge is 0.315 e. The average Bonchev–Trinajstić information content (AvgIpc) is 2.60. The Morgan fingerprint density at radius 2 is 1.80 bits per heavy atom. The fraction of sp³-hybridized carbons (Fsp3) is 0.176. The summed E-state index contributed by atoms with van der Waals surface area (Å²) in [4.78, 5) is 23.3. The second kappa shape index (κ2) is 8.62. The van der Waals surface area contributed by atoms with Crippen LogP contribution in [0.15, 0.2) is 48.5 Å². The molecule has 6 nitrogen and oxygen atoms in total. The van der Waals surface area contributed by atoms with Crippen molar-refractivity contribution in [3.8, 4) is 5.75 Å². The van der Waals surface area contributed by atoms with Crippen LogP contribution in [0.2, 0.25) is 0 Å². The van der Waals surface area contributed by atoms with Crippen molar-refractivity contribution in [2.45, 2.75) is 6.04 Å². The van der Waals surface area contributed by atoms with E-state index in [-0.39, 0.29) is 18.9 Å². The van der Waals surface area contributed by atoms with Crippen LogP contribution >= 0.6 is 0 Å². The van der Waals surface area contributed by atoms with Gasteiger partial charge in [-0.3, -0.25) is 4.79 Å². The molecular formula is C17H17F2N3O3. The number of benzene rings is 2. The van der Waals surface area contributed by atoms with Gasteiger partial charge in [-0.05, 0) is 17.7 Å². The Balaban J connectivity index is 1.79. The predicted octanol–water partition coefficient (Wildman–Crippen LogP) is 1.87. The highest BCUT2D eigenvalue weighted by Crippen LogP contribution is 2.15. The summed E-state index contributed by atoms with van der Waals surface area (Å²) >= 11 is 0. The minimum atomic E-state index is -1.02. The third-order valence-corrected chi connectivity index (χ3v) is 3.24. The Hall–Kier alpha value is -3.16. The summed E-state index contributed by atoms with van der Waals surface area (Å²) in [7, 11) is 0. The lowest BCUT2D eigenvalue weighted by Crippen LogP contribution is -2.44. The summed E-state index contributed by atoms with van der Waals surface area (Å²) in [5.74, 6) is -2.54. The van der Waals surface area contributed by atoms with Crippen LogP contribution < -0.4 is 21.1 Å². The molecular weight excluding hydrogens is 332 g/mol. The normalized spacial score (nSPS) is 11.4. The average molecular weight is 349 g/mol. The van der Waals surface area contributed by atoms with Gasteiger partial charge in [0, 0.05) is 6.07 Å². The molecule has 132 valence electrons. The van der Waals surface area contributed by atoms with E-state index in [1.165, 1.54) is 6.07 Å². The van der Waals surface area contributed by atoms with E-state index in [2.05, 4.69) is 10.6 Å². The molecule has 25 heavy (non-hydrogen) atoms. The molecule has 2 aromatic carbocycles. The first-order valence-corrected chi connectivity index (χ1v) is 7.44. The number of nitrogens with two attached hydrogens (primary N) is 1. The van der Waals surface area contributed by atoms with Crippen molar-refractivity contribution in [1.29, 1.82) is 0 Å². The van der Waals surface area contributed by atoms with Crippen molar-refractivity contribution in [2.24, 2.45) is 5.73 Å². The minimum Gasteiger partial charge on any atom is -0.492 e. The third kappa shape index (κ3) is 5.45. The van der Waals surface area contributed by atoms with Crippen LogP contribution in [0.5, 0.6) is 5.75 Å². The second-order valence-electron chi connectivity index (χ2n) is 5.07. The van der Waals surface area contributed by atoms with E-state index in [9.17, 15) is 18.4 Å². The van der Waals surface area contributed by atoms with Crippen molar-refractivity contribution >= 4 is 11.9 Å². The van der Waals surface area contributed by atoms with E-state index >= 15 is 0 Å². The van der Waals surface area contributed by atoms with Crippen LogP contribution in [0.25, 0.3) is 0 Å². The summed E-state index contributed by atoms with van der Waals surface area (Å²) in [6, 6.07) is 10.1. The zero-order valence-electron chi connectivity index (χ0n) is 13.2. The number of hydrogen-bond acceptors (Lipinski definition) is 3. The zero-order chi connectivity index (χ0) is 18.2. The summed E-state index contributed by atoms with van der Waals surface area (Å²) in [6.45, 7) is 0.121. The van der Waals surface area contributed by atoms with Gasteiger partial charge >= 0.3 is 6.03 Å². The first kappa shape index (κ1) is 18.2. The number of hydrogen-bond donors (Lipinski definition) is 3. The number of ether oxygens (including phenoxy) is 1. The van der Waals surface area contributed by atoms with E-state index in [0.29, 0.717) is 5.56 Å².